The molecule has 42 heavy (non-hydrogen) atoms. The van der Waals surface area contributed by atoms with Crippen molar-refractivity contribution in [1.29, 1.82) is 0 Å². The number of benzene rings is 4. The molecule has 1 aliphatic rings. The third-order valence-electron chi connectivity index (χ3n) is 6.50. The standard InChI is InChI=1S/C33H26ClN3O4S/c1-21-7-9-22(10-8-21)19-28(36-31(39)23-5-3-2-4-6-23)32(40)35-25-13-17-27(18-14-25)42-29-20-30(38)37(33(29)41)26-15-11-24(34)12-16-26/h2-19,29H,20H2,1H3,(H,35,40)(H,36,39)/b28-19-. The number of nitrogens with zero attached hydrogens (tertiary/aromatic N) is 1. The Morgan fingerprint density at radius 1 is 0.881 bits per heavy atom. The van der Waals surface area contributed by atoms with Crippen LogP contribution in [0.5, 0.6) is 0 Å². The van der Waals surface area contributed by atoms with Crippen molar-refractivity contribution >= 4 is 64.4 Å². The highest BCUT2D eigenvalue weighted by Crippen LogP contribution is 2.34. The molecule has 4 aromatic carbocycles. The number of halogens is 1. The zero-order valence-corrected chi connectivity index (χ0v) is 24.1. The summed E-state index contributed by atoms with van der Waals surface area (Å²) in [5.41, 5.74) is 3.34. The first-order chi connectivity index (χ1) is 20.3. The second-order valence-corrected chi connectivity index (χ2v) is 11.3. The van der Waals surface area contributed by atoms with Gasteiger partial charge in [-0.05, 0) is 79.2 Å². The SMILES string of the molecule is Cc1ccc(/C=C(\NC(=O)c2ccccc2)C(=O)Nc2ccc(SC3CC(=O)N(c4ccc(Cl)cc4)C3=O)cc2)cc1. The third-order valence-corrected chi connectivity index (χ3v) is 7.95. The van der Waals surface area contributed by atoms with E-state index in [1.807, 2.05) is 37.3 Å². The van der Waals surface area contributed by atoms with Gasteiger partial charge in [-0.2, -0.15) is 0 Å². The molecule has 1 unspecified atom stereocenters. The van der Waals surface area contributed by atoms with Crippen LogP contribution in [-0.2, 0) is 14.4 Å². The second-order valence-electron chi connectivity index (χ2n) is 9.62. The first kappa shape index (κ1) is 28.9. The number of thioether (sulfide) groups is 1. The summed E-state index contributed by atoms with van der Waals surface area (Å²) in [7, 11) is 0. The van der Waals surface area contributed by atoms with Crippen LogP contribution >= 0.6 is 23.4 Å². The molecule has 1 fully saturated rings. The van der Waals surface area contributed by atoms with Crippen LogP contribution in [0.25, 0.3) is 6.08 Å². The van der Waals surface area contributed by atoms with Crippen LogP contribution in [0.4, 0.5) is 11.4 Å². The molecule has 1 heterocycles. The molecular formula is C33H26ClN3O4S. The van der Waals surface area contributed by atoms with Gasteiger partial charge in [0, 0.05) is 27.6 Å². The summed E-state index contributed by atoms with van der Waals surface area (Å²) < 4.78 is 0. The molecule has 4 aromatic rings. The van der Waals surface area contributed by atoms with Gasteiger partial charge in [0.05, 0.1) is 10.9 Å². The topological polar surface area (TPSA) is 95.6 Å². The summed E-state index contributed by atoms with van der Waals surface area (Å²) in [5, 5.41) is 5.52. The zero-order valence-electron chi connectivity index (χ0n) is 22.5. The van der Waals surface area contributed by atoms with E-state index in [1.54, 1.807) is 78.9 Å². The molecule has 4 amide bonds. The molecule has 210 valence electrons. The van der Waals surface area contributed by atoms with Crippen molar-refractivity contribution in [3.8, 4) is 0 Å². The van der Waals surface area contributed by atoms with E-state index in [-0.39, 0.29) is 23.9 Å². The van der Waals surface area contributed by atoms with Crippen molar-refractivity contribution < 1.29 is 19.2 Å². The summed E-state index contributed by atoms with van der Waals surface area (Å²) in [6, 6.07) is 29.8. The van der Waals surface area contributed by atoms with E-state index in [0.717, 1.165) is 16.0 Å². The molecule has 0 aliphatic carbocycles. The maximum atomic E-state index is 13.3. The van der Waals surface area contributed by atoms with Crippen molar-refractivity contribution in [1.82, 2.24) is 5.32 Å². The minimum Gasteiger partial charge on any atom is -0.321 e. The van der Waals surface area contributed by atoms with Crippen LogP contribution in [0.2, 0.25) is 5.02 Å². The molecule has 0 bridgehead atoms. The number of carbonyl (C=O) groups is 4. The number of amides is 4. The van der Waals surface area contributed by atoms with Gasteiger partial charge < -0.3 is 10.6 Å². The van der Waals surface area contributed by atoms with Crippen LogP contribution in [0.15, 0.2) is 114 Å². The van der Waals surface area contributed by atoms with E-state index in [1.165, 1.54) is 16.7 Å². The molecule has 0 saturated carbocycles. The van der Waals surface area contributed by atoms with E-state index in [9.17, 15) is 19.2 Å². The summed E-state index contributed by atoms with van der Waals surface area (Å²) in [4.78, 5) is 53.7. The molecular weight excluding hydrogens is 570 g/mol. The third kappa shape index (κ3) is 6.97. The van der Waals surface area contributed by atoms with E-state index in [4.69, 9.17) is 11.6 Å². The number of aryl methyl sites for hydroxylation is 1. The highest BCUT2D eigenvalue weighted by Gasteiger charge is 2.40. The predicted octanol–water partition coefficient (Wildman–Crippen LogP) is 6.48. The maximum absolute atomic E-state index is 13.3. The Bertz CT molecular complexity index is 1650. The van der Waals surface area contributed by atoms with Crippen LogP contribution in [0.3, 0.4) is 0 Å². The van der Waals surface area contributed by atoms with Gasteiger partial charge >= 0.3 is 0 Å². The van der Waals surface area contributed by atoms with Gasteiger partial charge in [0.25, 0.3) is 11.8 Å². The Balaban J connectivity index is 1.27. The van der Waals surface area contributed by atoms with E-state index in [0.29, 0.717) is 22.0 Å². The molecule has 0 aromatic heterocycles. The van der Waals surface area contributed by atoms with Gasteiger partial charge in [-0.15, -0.1) is 11.8 Å². The van der Waals surface area contributed by atoms with Crippen molar-refractivity contribution in [2.45, 2.75) is 23.5 Å². The Morgan fingerprint density at radius 2 is 1.55 bits per heavy atom. The van der Waals surface area contributed by atoms with Crippen LogP contribution in [-0.4, -0.2) is 28.9 Å². The molecule has 0 spiro atoms. The zero-order chi connectivity index (χ0) is 29.6. The molecule has 5 rings (SSSR count). The first-order valence-corrected chi connectivity index (χ1v) is 14.4. The predicted molar refractivity (Wildman–Crippen MR) is 166 cm³/mol. The summed E-state index contributed by atoms with van der Waals surface area (Å²) in [5.74, 6) is -1.45. The lowest BCUT2D eigenvalue weighted by molar-refractivity contribution is -0.121. The van der Waals surface area contributed by atoms with E-state index in [2.05, 4.69) is 10.6 Å². The lowest BCUT2D eigenvalue weighted by Crippen LogP contribution is -2.31. The van der Waals surface area contributed by atoms with Crippen molar-refractivity contribution in [2.75, 3.05) is 10.2 Å². The van der Waals surface area contributed by atoms with Crippen LogP contribution in [0, 0.1) is 6.92 Å². The van der Waals surface area contributed by atoms with Gasteiger partial charge in [0.15, 0.2) is 0 Å². The number of anilines is 2. The number of hydrogen-bond acceptors (Lipinski definition) is 5. The quantitative estimate of drug-likeness (QED) is 0.179. The number of nitrogens with one attached hydrogen (secondary N) is 2. The molecule has 1 atom stereocenters. The van der Waals surface area contributed by atoms with E-state index >= 15 is 0 Å². The van der Waals surface area contributed by atoms with Gasteiger partial charge in [-0.25, -0.2) is 4.90 Å². The summed E-state index contributed by atoms with van der Waals surface area (Å²) in [6.45, 7) is 1.97. The maximum Gasteiger partial charge on any atom is 0.272 e. The average molecular weight is 596 g/mol. The van der Waals surface area contributed by atoms with Gasteiger partial charge in [0.1, 0.15) is 5.70 Å². The molecule has 2 N–H and O–H groups in total. The minimum absolute atomic E-state index is 0.0822. The Hall–Kier alpha value is -4.66. The minimum atomic E-state index is -0.564. The number of imide groups is 1. The number of carbonyl (C=O) groups excluding carboxylic acids is 4. The Kier molecular flexibility index (Phi) is 8.85. The molecule has 7 nitrogen and oxygen atoms in total. The smallest absolute Gasteiger partial charge is 0.272 e. The van der Waals surface area contributed by atoms with Gasteiger partial charge in [-0.3, -0.25) is 19.2 Å². The first-order valence-electron chi connectivity index (χ1n) is 13.1. The Labute approximate surface area is 252 Å². The summed E-state index contributed by atoms with van der Waals surface area (Å²) >= 11 is 7.23. The van der Waals surface area contributed by atoms with Crippen molar-refractivity contribution in [3.63, 3.8) is 0 Å². The highest BCUT2D eigenvalue weighted by molar-refractivity contribution is 8.00. The fourth-order valence-electron chi connectivity index (χ4n) is 4.31. The lowest BCUT2D eigenvalue weighted by Gasteiger charge is -2.15. The fraction of sp³-hybridized carbons (Fsp3) is 0.0909. The average Bonchev–Trinajstić information content (AvgIpc) is 3.27. The Morgan fingerprint density at radius 3 is 2.21 bits per heavy atom. The molecule has 9 heteroatoms. The highest BCUT2D eigenvalue weighted by atomic mass is 35.5. The van der Waals surface area contributed by atoms with Gasteiger partial charge in [-0.1, -0.05) is 59.6 Å². The monoisotopic (exact) mass is 595 g/mol. The molecule has 0 radical (unpaired) electrons. The van der Waals surface area contributed by atoms with Gasteiger partial charge in [0.2, 0.25) is 11.8 Å². The van der Waals surface area contributed by atoms with Crippen molar-refractivity contribution in [2.24, 2.45) is 0 Å². The fourth-order valence-corrected chi connectivity index (χ4v) is 5.49. The number of rotatable bonds is 8. The van der Waals surface area contributed by atoms with Crippen molar-refractivity contribution in [3.05, 3.63) is 131 Å². The van der Waals surface area contributed by atoms with E-state index < -0.39 is 17.1 Å². The van der Waals surface area contributed by atoms with Crippen LogP contribution in [0.1, 0.15) is 27.9 Å². The second kappa shape index (κ2) is 12.9. The summed E-state index contributed by atoms with van der Waals surface area (Å²) in [6.07, 6.45) is 1.70. The largest absolute Gasteiger partial charge is 0.321 e. The molecule has 1 aliphatic heterocycles. The normalized spacial score (nSPS) is 15.0. The van der Waals surface area contributed by atoms with Crippen LogP contribution < -0.4 is 15.5 Å². The lowest BCUT2D eigenvalue weighted by atomic mass is 10.1. The molecule has 1 saturated heterocycles. The number of hydrogen-bond donors (Lipinski definition) is 2.